The van der Waals surface area contributed by atoms with Gasteiger partial charge in [-0.3, -0.25) is 9.89 Å². The minimum absolute atomic E-state index is 0. The van der Waals surface area contributed by atoms with Crippen LogP contribution in [0.25, 0.3) is 0 Å². The number of piperazine rings is 1. The Kier molecular flexibility index (Phi) is 8.26. The van der Waals surface area contributed by atoms with E-state index in [9.17, 15) is 0 Å². The summed E-state index contributed by atoms with van der Waals surface area (Å²) in [5.74, 6) is 0.952. The van der Waals surface area contributed by atoms with Gasteiger partial charge in [-0.15, -0.1) is 24.0 Å². The second-order valence-electron chi connectivity index (χ2n) is 7.21. The molecule has 1 saturated heterocycles. The molecule has 4 rings (SSSR count). The van der Waals surface area contributed by atoms with E-state index < -0.39 is 0 Å². The lowest BCUT2D eigenvalue weighted by Crippen LogP contribution is -2.52. The van der Waals surface area contributed by atoms with Gasteiger partial charge >= 0.3 is 0 Å². The van der Waals surface area contributed by atoms with E-state index in [2.05, 4.69) is 59.1 Å². The number of imidazole rings is 1. The van der Waals surface area contributed by atoms with E-state index in [0.29, 0.717) is 0 Å². The SMILES string of the molecule is CN=C(NCc1ccc(Cn2ccnc2)cc1)N1CCN(Cc2ccon2)CC1.I. The number of rotatable bonds is 6. The van der Waals surface area contributed by atoms with E-state index in [1.54, 1.807) is 12.5 Å². The molecule has 2 aromatic heterocycles. The summed E-state index contributed by atoms with van der Waals surface area (Å²) in [5.41, 5.74) is 3.49. The molecule has 3 aromatic rings. The van der Waals surface area contributed by atoms with Crippen molar-refractivity contribution in [3.8, 4) is 0 Å². The Labute approximate surface area is 194 Å². The molecule has 1 N–H and O–H groups in total. The molecule has 1 fully saturated rings. The van der Waals surface area contributed by atoms with E-state index in [4.69, 9.17) is 4.52 Å². The van der Waals surface area contributed by atoms with Gasteiger partial charge in [-0.05, 0) is 11.1 Å². The van der Waals surface area contributed by atoms with Gasteiger partial charge in [0.15, 0.2) is 5.96 Å². The van der Waals surface area contributed by atoms with Crippen LogP contribution in [0.15, 0.2) is 64.8 Å². The minimum atomic E-state index is 0. The molecule has 3 heterocycles. The number of aromatic nitrogens is 3. The van der Waals surface area contributed by atoms with Crippen molar-refractivity contribution in [2.45, 2.75) is 19.6 Å². The van der Waals surface area contributed by atoms with Gasteiger partial charge in [-0.1, -0.05) is 29.4 Å². The number of hydrogen-bond donors (Lipinski definition) is 1. The summed E-state index contributed by atoms with van der Waals surface area (Å²) in [7, 11) is 1.85. The minimum Gasteiger partial charge on any atom is -0.364 e. The molecule has 0 unspecified atom stereocenters. The van der Waals surface area contributed by atoms with Gasteiger partial charge in [-0.25, -0.2) is 4.98 Å². The van der Waals surface area contributed by atoms with Crippen molar-refractivity contribution in [3.05, 3.63) is 72.1 Å². The zero-order valence-electron chi connectivity index (χ0n) is 17.1. The predicted octanol–water partition coefficient (Wildman–Crippen LogP) is 2.43. The summed E-state index contributed by atoms with van der Waals surface area (Å²) in [5, 5.41) is 7.50. The standard InChI is InChI=1S/C21H27N7O.HI/c1-22-21(28-11-9-26(10-12-28)16-20-6-13-29-25-20)24-14-18-2-4-19(5-3-18)15-27-8-7-23-17-27;/h2-8,13,17H,9-12,14-16H2,1H3,(H,22,24);1H. The van der Waals surface area contributed by atoms with Crippen LogP contribution in [0, 0.1) is 0 Å². The fraction of sp³-hybridized carbons (Fsp3) is 0.381. The quantitative estimate of drug-likeness (QED) is 0.305. The zero-order valence-corrected chi connectivity index (χ0v) is 19.5. The second kappa shape index (κ2) is 11.1. The van der Waals surface area contributed by atoms with Gasteiger partial charge in [-0.2, -0.15) is 0 Å². The molecule has 0 amide bonds. The first-order valence-electron chi connectivity index (χ1n) is 9.91. The fourth-order valence-electron chi connectivity index (χ4n) is 3.53. The molecule has 0 spiro atoms. The maximum absolute atomic E-state index is 4.92. The number of hydrogen-bond acceptors (Lipinski definition) is 5. The average molecular weight is 521 g/mol. The van der Waals surface area contributed by atoms with Gasteiger partial charge in [0.05, 0.1) is 12.0 Å². The third kappa shape index (κ3) is 6.05. The lowest BCUT2D eigenvalue weighted by Gasteiger charge is -2.36. The first-order chi connectivity index (χ1) is 14.3. The number of benzene rings is 1. The number of guanidine groups is 1. The van der Waals surface area contributed by atoms with Crippen LogP contribution >= 0.6 is 24.0 Å². The van der Waals surface area contributed by atoms with Gasteiger partial charge in [0, 0.05) is 71.3 Å². The van der Waals surface area contributed by atoms with Crippen LogP contribution in [0.3, 0.4) is 0 Å². The van der Waals surface area contributed by atoms with Gasteiger partial charge in [0.1, 0.15) is 6.26 Å². The van der Waals surface area contributed by atoms with E-state index >= 15 is 0 Å². The summed E-state index contributed by atoms with van der Waals surface area (Å²) >= 11 is 0. The van der Waals surface area contributed by atoms with Crippen LogP contribution in [0.1, 0.15) is 16.8 Å². The Morgan fingerprint density at radius 2 is 1.83 bits per heavy atom. The summed E-state index contributed by atoms with van der Waals surface area (Å²) in [6.07, 6.45) is 7.25. The Morgan fingerprint density at radius 3 is 2.47 bits per heavy atom. The third-order valence-corrected chi connectivity index (χ3v) is 5.16. The van der Waals surface area contributed by atoms with Crippen LogP contribution in [0.2, 0.25) is 0 Å². The molecule has 0 bridgehead atoms. The monoisotopic (exact) mass is 521 g/mol. The summed E-state index contributed by atoms with van der Waals surface area (Å²) in [6, 6.07) is 10.6. The number of aliphatic imine (C=N–C) groups is 1. The maximum atomic E-state index is 4.92. The fourth-order valence-corrected chi connectivity index (χ4v) is 3.53. The van der Waals surface area contributed by atoms with Crippen LogP contribution in [-0.4, -0.2) is 63.7 Å². The summed E-state index contributed by atoms with van der Waals surface area (Å²) in [4.78, 5) is 13.3. The van der Waals surface area contributed by atoms with Crippen molar-refractivity contribution in [1.29, 1.82) is 0 Å². The summed E-state index contributed by atoms with van der Waals surface area (Å²) < 4.78 is 6.99. The smallest absolute Gasteiger partial charge is 0.194 e. The largest absolute Gasteiger partial charge is 0.364 e. The van der Waals surface area contributed by atoms with Crippen LogP contribution in [-0.2, 0) is 19.6 Å². The van der Waals surface area contributed by atoms with E-state index in [1.807, 2.05) is 25.6 Å². The highest BCUT2D eigenvalue weighted by Crippen LogP contribution is 2.09. The Hall–Kier alpha value is -2.40. The van der Waals surface area contributed by atoms with Gasteiger partial charge in [0.2, 0.25) is 0 Å². The van der Waals surface area contributed by atoms with Crippen molar-refractivity contribution in [3.63, 3.8) is 0 Å². The second-order valence-corrected chi connectivity index (χ2v) is 7.21. The first-order valence-corrected chi connectivity index (χ1v) is 9.91. The van der Waals surface area contributed by atoms with Gasteiger partial charge in [0.25, 0.3) is 0 Å². The first kappa shape index (κ1) is 22.3. The molecule has 30 heavy (non-hydrogen) atoms. The molecule has 1 aromatic carbocycles. The normalized spacial score (nSPS) is 15.1. The molecule has 8 nitrogen and oxygen atoms in total. The van der Waals surface area contributed by atoms with Crippen molar-refractivity contribution >= 4 is 29.9 Å². The van der Waals surface area contributed by atoms with E-state index in [1.165, 1.54) is 11.1 Å². The van der Waals surface area contributed by atoms with Crippen molar-refractivity contribution in [1.82, 2.24) is 29.8 Å². The Bertz CT molecular complexity index is 886. The highest BCUT2D eigenvalue weighted by Gasteiger charge is 2.20. The average Bonchev–Trinajstić information content (AvgIpc) is 3.45. The molecule has 0 saturated carbocycles. The third-order valence-electron chi connectivity index (χ3n) is 5.16. The molecule has 0 aliphatic carbocycles. The zero-order chi connectivity index (χ0) is 19.9. The highest BCUT2D eigenvalue weighted by molar-refractivity contribution is 14.0. The summed E-state index contributed by atoms with van der Waals surface area (Å²) in [6.45, 7) is 6.29. The van der Waals surface area contributed by atoms with Crippen LogP contribution in [0.5, 0.6) is 0 Å². The molecule has 1 aliphatic rings. The highest BCUT2D eigenvalue weighted by atomic mass is 127. The molecule has 9 heteroatoms. The van der Waals surface area contributed by atoms with Crippen LogP contribution in [0.4, 0.5) is 0 Å². The van der Waals surface area contributed by atoms with Crippen molar-refractivity contribution < 1.29 is 4.52 Å². The topological polar surface area (TPSA) is 74.7 Å². The maximum Gasteiger partial charge on any atom is 0.194 e. The molecular formula is C21H28IN7O. The Balaban J connectivity index is 0.00000256. The number of nitrogens with one attached hydrogen (secondary N) is 1. The molecular weight excluding hydrogens is 493 g/mol. The van der Waals surface area contributed by atoms with Crippen molar-refractivity contribution in [2.75, 3.05) is 33.2 Å². The lowest BCUT2D eigenvalue weighted by molar-refractivity contribution is 0.169. The van der Waals surface area contributed by atoms with Crippen LogP contribution < -0.4 is 5.32 Å². The molecule has 1 aliphatic heterocycles. The molecule has 0 radical (unpaired) electrons. The predicted molar refractivity (Wildman–Crippen MR) is 127 cm³/mol. The Morgan fingerprint density at radius 1 is 1.07 bits per heavy atom. The van der Waals surface area contributed by atoms with Crippen molar-refractivity contribution in [2.24, 2.45) is 4.99 Å². The van der Waals surface area contributed by atoms with Gasteiger partial charge < -0.3 is 19.3 Å². The molecule has 0 atom stereocenters. The lowest BCUT2D eigenvalue weighted by atomic mass is 10.1. The molecule has 160 valence electrons. The number of halogens is 1. The number of nitrogens with zero attached hydrogens (tertiary/aromatic N) is 6. The van der Waals surface area contributed by atoms with E-state index in [-0.39, 0.29) is 24.0 Å². The van der Waals surface area contributed by atoms with E-state index in [0.717, 1.165) is 57.5 Å².